The van der Waals surface area contributed by atoms with Crippen LogP contribution in [0.1, 0.15) is 21.5 Å². The molecule has 0 spiro atoms. The van der Waals surface area contributed by atoms with E-state index < -0.39 is 23.4 Å². The molecule has 31 heavy (non-hydrogen) atoms. The summed E-state index contributed by atoms with van der Waals surface area (Å²) in [7, 11) is 1.19. The summed E-state index contributed by atoms with van der Waals surface area (Å²) in [6.07, 6.45) is 5.63. The summed E-state index contributed by atoms with van der Waals surface area (Å²) in [4.78, 5) is 27.9. The number of aromatic nitrogens is 1. The van der Waals surface area contributed by atoms with Gasteiger partial charge in [0, 0.05) is 12.3 Å². The molecule has 0 aliphatic heterocycles. The zero-order chi connectivity index (χ0) is 22.4. The molecule has 0 radical (unpaired) electrons. The Labute approximate surface area is 177 Å². The van der Waals surface area contributed by atoms with Gasteiger partial charge in [-0.1, -0.05) is 12.1 Å². The lowest BCUT2D eigenvalue weighted by Crippen LogP contribution is -2.11. The van der Waals surface area contributed by atoms with Crippen molar-refractivity contribution in [1.82, 2.24) is 4.98 Å². The van der Waals surface area contributed by atoms with Crippen molar-refractivity contribution < 1.29 is 28.6 Å². The van der Waals surface area contributed by atoms with Gasteiger partial charge in [0.2, 0.25) is 5.91 Å². The van der Waals surface area contributed by atoms with Crippen molar-refractivity contribution in [1.29, 1.82) is 0 Å². The predicted octanol–water partition coefficient (Wildman–Crippen LogP) is 4.47. The van der Waals surface area contributed by atoms with Crippen LogP contribution in [0.4, 0.5) is 10.1 Å². The van der Waals surface area contributed by atoms with Crippen molar-refractivity contribution in [2.75, 3.05) is 12.4 Å². The summed E-state index contributed by atoms with van der Waals surface area (Å²) >= 11 is 0. The molecule has 3 rings (SSSR count). The monoisotopic (exact) mass is 422 g/mol. The number of amides is 1. The van der Waals surface area contributed by atoms with E-state index >= 15 is 0 Å². The van der Waals surface area contributed by atoms with Crippen LogP contribution in [0.25, 0.3) is 6.08 Å². The molecule has 2 N–H and O–H groups in total. The van der Waals surface area contributed by atoms with Crippen LogP contribution in [0.2, 0.25) is 0 Å². The van der Waals surface area contributed by atoms with Gasteiger partial charge in [-0.3, -0.25) is 9.78 Å². The molecule has 8 heteroatoms. The third-order valence-corrected chi connectivity index (χ3v) is 4.29. The lowest BCUT2D eigenvalue weighted by atomic mass is 10.1. The van der Waals surface area contributed by atoms with Crippen molar-refractivity contribution in [2.45, 2.75) is 6.92 Å². The largest absolute Gasteiger partial charge is 0.505 e. The number of ether oxygens (including phenoxy) is 2. The van der Waals surface area contributed by atoms with Crippen molar-refractivity contribution in [3.05, 3.63) is 83.4 Å². The molecular formula is C23H19FN2O5. The van der Waals surface area contributed by atoms with Crippen molar-refractivity contribution in [2.24, 2.45) is 0 Å². The van der Waals surface area contributed by atoms with E-state index in [1.807, 2.05) is 0 Å². The van der Waals surface area contributed by atoms with Crippen molar-refractivity contribution >= 4 is 23.6 Å². The van der Waals surface area contributed by atoms with Crippen LogP contribution in [0.15, 0.2) is 60.9 Å². The minimum absolute atomic E-state index is 0.0229. The number of aryl methyl sites for hydroxylation is 1. The molecule has 0 atom stereocenters. The number of hydrogen-bond donors (Lipinski definition) is 2. The summed E-state index contributed by atoms with van der Waals surface area (Å²) in [6, 6.07) is 10.5. The maximum Gasteiger partial charge on any atom is 0.341 e. The van der Waals surface area contributed by atoms with E-state index in [-0.39, 0.29) is 17.0 Å². The zero-order valence-electron chi connectivity index (χ0n) is 16.8. The molecule has 0 saturated heterocycles. The van der Waals surface area contributed by atoms with Gasteiger partial charge in [0.25, 0.3) is 0 Å². The number of nitrogens with zero attached hydrogens (tertiary/aromatic N) is 1. The molecule has 158 valence electrons. The van der Waals surface area contributed by atoms with Crippen LogP contribution >= 0.6 is 0 Å². The van der Waals surface area contributed by atoms with E-state index in [1.54, 1.807) is 37.4 Å². The quantitative estimate of drug-likeness (QED) is 0.346. The van der Waals surface area contributed by atoms with E-state index in [2.05, 4.69) is 15.0 Å². The van der Waals surface area contributed by atoms with Crippen molar-refractivity contribution in [3.63, 3.8) is 0 Å². The number of nitrogens with one attached hydrogen (secondary N) is 1. The number of carbonyl (C=O) groups is 2. The highest BCUT2D eigenvalue weighted by Crippen LogP contribution is 2.31. The highest BCUT2D eigenvalue weighted by Gasteiger charge is 2.17. The first-order valence-electron chi connectivity index (χ1n) is 9.16. The van der Waals surface area contributed by atoms with E-state index in [1.165, 1.54) is 43.7 Å². The van der Waals surface area contributed by atoms with Crippen LogP contribution in [-0.4, -0.2) is 29.1 Å². The van der Waals surface area contributed by atoms with Gasteiger partial charge < -0.3 is 19.9 Å². The lowest BCUT2D eigenvalue weighted by molar-refractivity contribution is -0.111. The fraction of sp³-hybridized carbons (Fsp3) is 0.0870. The summed E-state index contributed by atoms with van der Waals surface area (Å²) in [5, 5.41) is 12.8. The maximum absolute atomic E-state index is 14.3. The standard InChI is InChI=1S/C23H19FN2O5/c1-14-5-8-17(23(29)30-2)22(28)21(14)26-20(27)10-7-15-6-9-19(18(24)12-15)31-16-4-3-11-25-13-16/h3-13,28H,1-2H3,(H,26,27)/b10-7+. The molecule has 0 aliphatic carbocycles. The second-order valence-corrected chi connectivity index (χ2v) is 6.45. The number of aromatic hydroxyl groups is 1. The van der Waals surface area contributed by atoms with Crippen LogP contribution in [0.5, 0.6) is 17.2 Å². The molecule has 1 amide bonds. The number of anilines is 1. The Morgan fingerprint density at radius 3 is 2.68 bits per heavy atom. The Kier molecular flexibility index (Phi) is 6.61. The Morgan fingerprint density at radius 1 is 1.19 bits per heavy atom. The average Bonchev–Trinajstić information content (AvgIpc) is 2.77. The highest BCUT2D eigenvalue weighted by molar-refractivity contribution is 6.05. The van der Waals surface area contributed by atoms with E-state index in [9.17, 15) is 19.1 Å². The molecule has 0 saturated carbocycles. The zero-order valence-corrected chi connectivity index (χ0v) is 16.8. The van der Waals surface area contributed by atoms with Gasteiger partial charge in [-0.25, -0.2) is 9.18 Å². The minimum Gasteiger partial charge on any atom is -0.505 e. The summed E-state index contributed by atoms with van der Waals surface area (Å²) < 4.78 is 24.3. The number of carbonyl (C=O) groups excluding carboxylic acids is 2. The van der Waals surface area contributed by atoms with Gasteiger partial charge in [-0.05, 0) is 54.5 Å². The maximum atomic E-state index is 14.3. The third-order valence-electron chi connectivity index (χ3n) is 4.29. The average molecular weight is 422 g/mol. The predicted molar refractivity (Wildman–Crippen MR) is 113 cm³/mol. The third kappa shape index (κ3) is 5.24. The molecule has 0 fully saturated rings. The van der Waals surface area contributed by atoms with Gasteiger partial charge in [0.1, 0.15) is 11.3 Å². The minimum atomic E-state index is -0.729. The van der Waals surface area contributed by atoms with Crippen LogP contribution in [-0.2, 0) is 9.53 Å². The first-order chi connectivity index (χ1) is 14.9. The summed E-state index contributed by atoms with van der Waals surface area (Å²) in [6.45, 7) is 1.66. The molecular weight excluding hydrogens is 403 g/mol. The molecule has 0 unspecified atom stereocenters. The normalized spacial score (nSPS) is 10.7. The fourth-order valence-corrected chi connectivity index (χ4v) is 2.70. The number of hydrogen-bond acceptors (Lipinski definition) is 6. The Balaban J connectivity index is 1.72. The van der Waals surface area contributed by atoms with E-state index in [4.69, 9.17) is 4.74 Å². The topological polar surface area (TPSA) is 97.8 Å². The fourth-order valence-electron chi connectivity index (χ4n) is 2.70. The van der Waals surface area contributed by atoms with Gasteiger partial charge in [-0.15, -0.1) is 0 Å². The van der Waals surface area contributed by atoms with E-state index in [0.29, 0.717) is 16.9 Å². The highest BCUT2D eigenvalue weighted by atomic mass is 19.1. The Morgan fingerprint density at radius 2 is 2.00 bits per heavy atom. The van der Waals surface area contributed by atoms with E-state index in [0.717, 1.165) is 0 Å². The second kappa shape index (κ2) is 9.53. The number of pyridine rings is 1. The number of esters is 1. The molecule has 1 aromatic heterocycles. The number of benzene rings is 2. The van der Waals surface area contributed by atoms with Crippen LogP contribution in [0, 0.1) is 12.7 Å². The van der Waals surface area contributed by atoms with Crippen LogP contribution in [0.3, 0.4) is 0 Å². The van der Waals surface area contributed by atoms with Gasteiger partial charge in [-0.2, -0.15) is 0 Å². The van der Waals surface area contributed by atoms with Gasteiger partial charge in [0.05, 0.1) is 19.0 Å². The second-order valence-electron chi connectivity index (χ2n) is 6.45. The number of rotatable bonds is 6. The summed E-state index contributed by atoms with van der Waals surface area (Å²) in [5.41, 5.74) is 0.993. The number of phenols is 1. The Bertz CT molecular complexity index is 1150. The van der Waals surface area contributed by atoms with Gasteiger partial charge >= 0.3 is 5.97 Å². The molecule has 2 aromatic carbocycles. The molecule has 3 aromatic rings. The van der Waals surface area contributed by atoms with Crippen LogP contribution < -0.4 is 10.1 Å². The Hall–Kier alpha value is -4.20. The first-order valence-corrected chi connectivity index (χ1v) is 9.16. The first kappa shape index (κ1) is 21.5. The smallest absolute Gasteiger partial charge is 0.341 e. The molecule has 1 heterocycles. The number of phenolic OH excluding ortho intramolecular Hbond substituents is 1. The molecule has 0 bridgehead atoms. The number of halogens is 1. The molecule has 0 aliphatic rings. The van der Waals surface area contributed by atoms with Gasteiger partial charge in [0.15, 0.2) is 17.3 Å². The SMILES string of the molecule is COC(=O)c1ccc(C)c(NC(=O)/C=C/c2ccc(Oc3cccnc3)c(F)c2)c1O. The number of methoxy groups -OCH3 is 1. The lowest BCUT2D eigenvalue weighted by Gasteiger charge is -2.12. The molecule has 7 nitrogen and oxygen atoms in total. The summed E-state index contributed by atoms with van der Waals surface area (Å²) in [5.74, 6) is -1.88. The van der Waals surface area contributed by atoms with Crippen molar-refractivity contribution in [3.8, 4) is 17.2 Å².